The summed E-state index contributed by atoms with van der Waals surface area (Å²) in [4.78, 5) is 0. The van der Waals surface area contributed by atoms with Crippen LogP contribution in [0.15, 0.2) is 0 Å². The van der Waals surface area contributed by atoms with Gasteiger partial charge in [-0.1, -0.05) is 6.92 Å². The van der Waals surface area contributed by atoms with E-state index < -0.39 is 0 Å². The van der Waals surface area contributed by atoms with Gasteiger partial charge in [-0.2, -0.15) is 0 Å². The number of rotatable bonds is 3. The van der Waals surface area contributed by atoms with Crippen molar-refractivity contribution in [2.75, 3.05) is 6.61 Å². The summed E-state index contributed by atoms with van der Waals surface area (Å²) >= 11 is 0. The molecule has 3 heteroatoms. The first-order chi connectivity index (χ1) is 7.00. The number of hydrogen-bond acceptors (Lipinski definition) is 3. The van der Waals surface area contributed by atoms with Gasteiger partial charge in [0.05, 0.1) is 6.61 Å². The monoisotopic (exact) mass is 210 g/mol. The van der Waals surface area contributed by atoms with Gasteiger partial charge in [0.25, 0.3) is 0 Å². The van der Waals surface area contributed by atoms with Crippen molar-refractivity contribution in [1.82, 2.24) is 0 Å². The molecule has 0 aliphatic carbocycles. The number of phenols is 2. The number of hydrogen-bond donors (Lipinski definition) is 2. The van der Waals surface area contributed by atoms with Crippen molar-refractivity contribution in [3.8, 4) is 17.2 Å². The van der Waals surface area contributed by atoms with Crippen LogP contribution in [0.5, 0.6) is 17.2 Å². The maximum Gasteiger partial charge on any atom is 0.201 e. The Morgan fingerprint density at radius 1 is 0.933 bits per heavy atom. The van der Waals surface area contributed by atoms with E-state index >= 15 is 0 Å². The first-order valence-corrected chi connectivity index (χ1v) is 5.15. The van der Waals surface area contributed by atoms with Gasteiger partial charge in [-0.25, -0.2) is 0 Å². The molecule has 84 valence electrons. The van der Waals surface area contributed by atoms with E-state index in [1.165, 1.54) is 0 Å². The van der Waals surface area contributed by atoms with E-state index in [0.29, 0.717) is 17.9 Å². The van der Waals surface area contributed by atoms with Gasteiger partial charge in [-0.05, 0) is 43.9 Å². The normalized spacial score (nSPS) is 10.4. The van der Waals surface area contributed by atoms with Gasteiger partial charge in [0.2, 0.25) is 5.75 Å². The second-order valence-electron chi connectivity index (χ2n) is 3.75. The molecule has 0 aromatic heterocycles. The standard InChI is InChI=1S/C12H18O3/c1-5-6-15-12-9(4)7(2)8(3)10(13)11(12)14/h13-14H,5-6H2,1-4H3. The van der Waals surface area contributed by atoms with Crippen LogP contribution < -0.4 is 4.74 Å². The summed E-state index contributed by atoms with van der Waals surface area (Å²) < 4.78 is 5.42. The van der Waals surface area contributed by atoms with Gasteiger partial charge < -0.3 is 14.9 Å². The molecular weight excluding hydrogens is 192 g/mol. The van der Waals surface area contributed by atoms with Crippen LogP contribution in [-0.2, 0) is 0 Å². The summed E-state index contributed by atoms with van der Waals surface area (Å²) in [5.41, 5.74) is 2.54. The van der Waals surface area contributed by atoms with Gasteiger partial charge in [0.1, 0.15) is 0 Å². The second-order valence-corrected chi connectivity index (χ2v) is 3.75. The highest BCUT2D eigenvalue weighted by molar-refractivity contribution is 5.61. The summed E-state index contributed by atoms with van der Waals surface area (Å²) in [6, 6.07) is 0. The number of phenolic OH excluding ortho intramolecular Hbond substituents is 2. The van der Waals surface area contributed by atoms with Crippen molar-refractivity contribution in [1.29, 1.82) is 0 Å². The molecule has 0 heterocycles. The Morgan fingerprint density at radius 3 is 2.07 bits per heavy atom. The quantitative estimate of drug-likeness (QED) is 0.754. The molecule has 2 N–H and O–H groups in total. The van der Waals surface area contributed by atoms with Crippen molar-refractivity contribution in [3.63, 3.8) is 0 Å². The molecule has 1 rings (SSSR count). The lowest BCUT2D eigenvalue weighted by Crippen LogP contribution is -2.00. The molecule has 1 aromatic rings. The fraction of sp³-hybridized carbons (Fsp3) is 0.500. The average Bonchev–Trinajstić information content (AvgIpc) is 2.24. The lowest BCUT2D eigenvalue weighted by Gasteiger charge is -2.16. The second kappa shape index (κ2) is 4.43. The third-order valence-electron chi connectivity index (χ3n) is 2.71. The van der Waals surface area contributed by atoms with Crippen LogP contribution in [0.1, 0.15) is 30.0 Å². The van der Waals surface area contributed by atoms with Crippen LogP contribution >= 0.6 is 0 Å². The number of ether oxygens (including phenoxy) is 1. The topological polar surface area (TPSA) is 49.7 Å². The highest BCUT2D eigenvalue weighted by Gasteiger charge is 2.17. The Balaban J connectivity index is 3.26. The van der Waals surface area contributed by atoms with E-state index in [9.17, 15) is 10.2 Å². The molecule has 0 unspecified atom stereocenters. The molecule has 0 fully saturated rings. The summed E-state index contributed by atoms with van der Waals surface area (Å²) in [6.07, 6.45) is 0.868. The van der Waals surface area contributed by atoms with Crippen molar-refractivity contribution >= 4 is 0 Å². The lowest BCUT2D eigenvalue weighted by molar-refractivity contribution is 0.289. The zero-order chi connectivity index (χ0) is 11.6. The van der Waals surface area contributed by atoms with E-state index in [-0.39, 0.29) is 11.5 Å². The number of benzene rings is 1. The predicted molar refractivity (Wildman–Crippen MR) is 59.8 cm³/mol. The minimum atomic E-state index is -0.149. The van der Waals surface area contributed by atoms with E-state index in [1.807, 2.05) is 20.8 Å². The maximum absolute atomic E-state index is 9.74. The third kappa shape index (κ3) is 2.01. The lowest BCUT2D eigenvalue weighted by atomic mass is 10.0. The molecule has 0 aliphatic heterocycles. The molecule has 1 aromatic carbocycles. The van der Waals surface area contributed by atoms with Crippen molar-refractivity contribution in [3.05, 3.63) is 16.7 Å². The van der Waals surface area contributed by atoms with Gasteiger partial charge in [-0.15, -0.1) is 0 Å². The van der Waals surface area contributed by atoms with Crippen LogP contribution in [0, 0.1) is 20.8 Å². The molecule has 0 bridgehead atoms. The van der Waals surface area contributed by atoms with Crippen molar-refractivity contribution < 1.29 is 14.9 Å². The molecule has 0 radical (unpaired) electrons. The molecule has 0 aliphatic rings. The Morgan fingerprint density at radius 2 is 1.53 bits per heavy atom. The Bertz CT molecular complexity index is 341. The van der Waals surface area contributed by atoms with Crippen LogP contribution in [0.2, 0.25) is 0 Å². The molecule has 0 saturated heterocycles. The van der Waals surface area contributed by atoms with Gasteiger partial charge in [-0.3, -0.25) is 0 Å². The molecule has 0 saturated carbocycles. The summed E-state index contributed by atoms with van der Waals surface area (Å²) in [5, 5.41) is 19.4. The summed E-state index contributed by atoms with van der Waals surface area (Å²) in [6.45, 7) is 8.10. The third-order valence-corrected chi connectivity index (χ3v) is 2.71. The minimum Gasteiger partial charge on any atom is -0.504 e. The largest absolute Gasteiger partial charge is 0.504 e. The van der Waals surface area contributed by atoms with Gasteiger partial charge in [0.15, 0.2) is 11.5 Å². The summed E-state index contributed by atoms with van der Waals surface area (Å²) in [7, 11) is 0. The Hall–Kier alpha value is -1.38. The number of aromatic hydroxyl groups is 2. The first-order valence-electron chi connectivity index (χ1n) is 5.15. The SMILES string of the molecule is CCCOc1c(C)c(C)c(C)c(O)c1O. The van der Waals surface area contributed by atoms with E-state index in [0.717, 1.165) is 17.5 Å². The fourth-order valence-electron chi connectivity index (χ4n) is 1.47. The molecule has 3 nitrogen and oxygen atoms in total. The predicted octanol–water partition coefficient (Wildman–Crippen LogP) is 2.81. The molecule has 15 heavy (non-hydrogen) atoms. The van der Waals surface area contributed by atoms with Gasteiger partial charge in [0, 0.05) is 0 Å². The molecule has 0 atom stereocenters. The highest BCUT2D eigenvalue weighted by atomic mass is 16.5. The van der Waals surface area contributed by atoms with Crippen LogP contribution in [0.4, 0.5) is 0 Å². The van der Waals surface area contributed by atoms with Crippen LogP contribution in [0.25, 0.3) is 0 Å². The molecule has 0 amide bonds. The van der Waals surface area contributed by atoms with Crippen molar-refractivity contribution in [2.24, 2.45) is 0 Å². The maximum atomic E-state index is 9.74. The summed E-state index contributed by atoms with van der Waals surface area (Å²) in [5.74, 6) is 0.172. The van der Waals surface area contributed by atoms with E-state index in [4.69, 9.17) is 4.74 Å². The molecular formula is C12H18O3. The zero-order valence-electron chi connectivity index (χ0n) is 9.72. The van der Waals surface area contributed by atoms with Crippen LogP contribution in [-0.4, -0.2) is 16.8 Å². The Labute approximate surface area is 90.3 Å². The van der Waals surface area contributed by atoms with Crippen molar-refractivity contribution in [2.45, 2.75) is 34.1 Å². The van der Waals surface area contributed by atoms with Crippen LogP contribution in [0.3, 0.4) is 0 Å². The smallest absolute Gasteiger partial charge is 0.201 e. The van der Waals surface area contributed by atoms with Gasteiger partial charge >= 0.3 is 0 Å². The van der Waals surface area contributed by atoms with E-state index in [2.05, 4.69) is 0 Å². The first kappa shape index (κ1) is 11.7. The zero-order valence-corrected chi connectivity index (χ0v) is 9.72. The fourth-order valence-corrected chi connectivity index (χ4v) is 1.47. The average molecular weight is 210 g/mol. The highest BCUT2D eigenvalue weighted by Crippen LogP contribution is 2.42. The minimum absolute atomic E-state index is 0.0794. The van der Waals surface area contributed by atoms with E-state index in [1.54, 1.807) is 6.92 Å². The molecule has 0 spiro atoms. The Kier molecular flexibility index (Phi) is 3.45.